The zero-order chi connectivity index (χ0) is 13.8. The smallest absolute Gasteiger partial charge is 0.305 e. The second kappa shape index (κ2) is 6.16. The lowest BCUT2D eigenvalue weighted by atomic mass is 10.4. The average Bonchev–Trinajstić information content (AvgIpc) is 2.29. The summed E-state index contributed by atoms with van der Waals surface area (Å²) < 4.78 is 23.4. The molecular weight excluding hydrogens is 263 g/mol. The Morgan fingerprint density at radius 1 is 1.11 bits per heavy atom. The molecular formula is C13H23O3PSi. The molecule has 102 valence electrons. The van der Waals surface area contributed by atoms with Gasteiger partial charge in [-0.3, -0.25) is 4.57 Å². The van der Waals surface area contributed by atoms with E-state index in [0.717, 1.165) is 0 Å². The van der Waals surface area contributed by atoms with Gasteiger partial charge in [0, 0.05) is 0 Å². The Hall–Kier alpha value is -0.413. The summed E-state index contributed by atoms with van der Waals surface area (Å²) in [6.07, 6.45) is 0. The first kappa shape index (κ1) is 15.6. The molecule has 0 heterocycles. The first-order valence-electron chi connectivity index (χ1n) is 6.33. The van der Waals surface area contributed by atoms with E-state index in [0.29, 0.717) is 18.5 Å². The van der Waals surface area contributed by atoms with Crippen molar-refractivity contribution in [1.29, 1.82) is 0 Å². The van der Waals surface area contributed by atoms with E-state index in [1.165, 1.54) is 5.19 Å². The van der Waals surface area contributed by atoms with E-state index in [4.69, 9.17) is 9.05 Å². The average molecular weight is 286 g/mol. The molecule has 1 aromatic rings. The highest BCUT2D eigenvalue weighted by Gasteiger charge is 2.28. The van der Waals surface area contributed by atoms with Crippen LogP contribution in [0.25, 0.3) is 0 Å². The standard InChI is InChI=1S/C13H23O3PSi/c1-6-15-17(14,16-7-2)12-9-8-10-13(11-12)18(3,4)5/h8-11H,6-7H2,1-5H3. The molecule has 0 saturated heterocycles. The van der Waals surface area contributed by atoms with Crippen molar-refractivity contribution < 1.29 is 13.6 Å². The molecule has 0 unspecified atom stereocenters. The lowest BCUT2D eigenvalue weighted by Crippen LogP contribution is -2.39. The number of rotatable bonds is 6. The predicted octanol–water partition coefficient (Wildman–Crippen LogP) is 3.12. The highest BCUT2D eigenvalue weighted by Crippen LogP contribution is 2.46. The van der Waals surface area contributed by atoms with Gasteiger partial charge in [-0.15, -0.1) is 0 Å². The Balaban J connectivity index is 3.18. The monoisotopic (exact) mass is 286 g/mol. The van der Waals surface area contributed by atoms with E-state index < -0.39 is 15.7 Å². The van der Waals surface area contributed by atoms with E-state index in [1.54, 1.807) is 0 Å². The van der Waals surface area contributed by atoms with Crippen molar-refractivity contribution in [2.75, 3.05) is 13.2 Å². The molecule has 0 atom stereocenters. The van der Waals surface area contributed by atoms with Crippen LogP contribution in [0, 0.1) is 0 Å². The van der Waals surface area contributed by atoms with E-state index >= 15 is 0 Å². The van der Waals surface area contributed by atoms with Crippen LogP contribution < -0.4 is 10.5 Å². The molecule has 0 radical (unpaired) electrons. The van der Waals surface area contributed by atoms with Gasteiger partial charge in [-0.25, -0.2) is 0 Å². The van der Waals surface area contributed by atoms with Gasteiger partial charge in [0.05, 0.1) is 26.6 Å². The van der Waals surface area contributed by atoms with E-state index in [1.807, 2.05) is 32.0 Å². The quantitative estimate of drug-likeness (QED) is 0.595. The van der Waals surface area contributed by atoms with Gasteiger partial charge in [-0.05, 0) is 26.0 Å². The Bertz CT molecular complexity index is 430. The molecule has 0 aliphatic carbocycles. The number of benzene rings is 1. The number of hydrogen-bond acceptors (Lipinski definition) is 3. The van der Waals surface area contributed by atoms with Gasteiger partial charge in [0.15, 0.2) is 0 Å². The minimum atomic E-state index is -3.15. The second-order valence-electron chi connectivity index (χ2n) is 5.13. The van der Waals surface area contributed by atoms with E-state index in [2.05, 4.69) is 25.7 Å². The van der Waals surface area contributed by atoms with Crippen LogP contribution in [0.15, 0.2) is 24.3 Å². The van der Waals surface area contributed by atoms with Gasteiger partial charge in [0.25, 0.3) is 0 Å². The normalized spacial score (nSPS) is 12.7. The molecule has 1 aromatic carbocycles. The van der Waals surface area contributed by atoms with Crippen molar-refractivity contribution in [1.82, 2.24) is 0 Å². The zero-order valence-corrected chi connectivity index (χ0v) is 13.8. The molecule has 5 heteroatoms. The largest absolute Gasteiger partial charge is 0.361 e. The summed E-state index contributed by atoms with van der Waals surface area (Å²) >= 11 is 0. The predicted molar refractivity (Wildman–Crippen MR) is 79.9 cm³/mol. The molecule has 3 nitrogen and oxygen atoms in total. The summed E-state index contributed by atoms with van der Waals surface area (Å²) in [7, 11) is -4.57. The van der Waals surface area contributed by atoms with Crippen LogP contribution in [0.2, 0.25) is 19.6 Å². The van der Waals surface area contributed by atoms with E-state index in [-0.39, 0.29) is 0 Å². The van der Waals surface area contributed by atoms with Crippen LogP contribution in [0.3, 0.4) is 0 Å². The topological polar surface area (TPSA) is 35.5 Å². The van der Waals surface area contributed by atoms with Crippen LogP contribution in [0.1, 0.15) is 13.8 Å². The Labute approximate surface area is 111 Å². The minimum Gasteiger partial charge on any atom is -0.305 e. The summed E-state index contributed by atoms with van der Waals surface area (Å²) in [5, 5.41) is 1.94. The molecule has 0 aromatic heterocycles. The van der Waals surface area contributed by atoms with Crippen molar-refractivity contribution in [2.45, 2.75) is 33.5 Å². The van der Waals surface area contributed by atoms with Crippen molar-refractivity contribution in [2.24, 2.45) is 0 Å². The van der Waals surface area contributed by atoms with Gasteiger partial charge in [0.1, 0.15) is 0 Å². The molecule has 0 aliphatic rings. The highest BCUT2D eigenvalue weighted by molar-refractivity contribution is 7.62. The summed E-state index contributed by atoms with van der Waals surface area (Å²) in [6.45, 7) is 11.2. The maximum atomic E-state index is 12.7. The second-order valence-corrected chi connectivity index (χ2v) is 12.2. The first-order valence-corrected chi connectivity index (χ1v) is 11.4. The molecule has 0 fully saturated rings. The molecule has 0 spiro atoms. The summed E-state index contributed by atoms with van der Waals surface area (Å²) in [5.74, 6) is 0. The third kappa shape index (κ3) is 3.79. The molecule has 0 bridgehead atoms. The van der Waals surface area contributed by atoms with E-state index in [9.17, 15) is 4.57 Å². The van der Waals surface area contributed by atoms with Crippen LogP contribution in [-0.4, -0.2) is 21.3 Å². The summed E-state index contributed by atoms with van der Waals surface area (Å²) in [6, 6.07) is 7.85. The molecule has 0 amide bonds. The third-order valence-electron chi connectivity index (χ3n) is 2.63. The van der Waals surface area contributed by atoms with Crippen LogP contribution in [0.4, 0.5) is 0 Å². The van der Waals surface area contributed by atoms with Gasteiger partial charge in [-0.2, -0.15) is 0 Å². The maximum Gasteiger partial charge on any atom is 0.361 e. The number of hydrogen-bond donors (Lipinski definition) is 0. The summed E-state index contributed by atoms with van der Waals surface area (Å²) in [4.78, 5) is 0. The Kier molecular flexibility index (Phi) is 5.35. The van der Waals surface area contributed by atoms with Gasteiger partial charge >= 0.3 is 7.60 Å². The molecule has 0 saturated carbocycles. The fraction of sp³-hybridized carbons (Fsp3) is 0.538. The fourth-order valence-corrected chi connectivity index (χ4v) is 4.59. The van der Waals surface area contributed by atoms with Gasteiger partial charge in [0.2, 0.25) is 0 Å². The fourth-order valence-electron chi connectivity index (χ4n) is 1.67. The third-order valence-corrected chi connectivity index (χ3v) is 6.78. The maximum absolute atomic E-state index is 12.7. The van der Waals surface area contributed by atoms with Crippen LogP contribution >= 0.6 is 7.60 Å². The summed E-state index contributed by atoms with van der Waals surface area (Å²) in [5.41, 5.74) is 0. The van der Waals surface area contributed by atoms with Crippen molar-refractivity contribution >= 4 is 26.2 Å². The Morgan fingerprint density at radius 3 is 2.11 bits per heavy atom. The lowest BCUT2D eigenvalue weighted by Gasteiger charge is -2.21. The van der Waals surface area contributed by atoms with Gasteiger partial charge < -0.3 is 9.05 Å². The van der Waals surface area contributed by atoms with Crippen LogP contribution in [-0.2, 0) is 13.6 Å². The SMILES string of the molecule is CCOP(=O)(OCC)c1cccc([Si](C)(C)C)c1. The van der Waals surface area contributed by atoms with Crippen molar-refractivity contribution in [3.63, 3.8) is 0 Å². The lowest BCUT2D eigenvalue weighted by molar-refractivity contribution is 0.230. The van der Waals surface area contributed by atoms with Crippen molar-refractivity contribution in [3.05, 3.63) is 24.3 Å². The Morgan fingerprint density at radius 2 is 1.67 bits per heavy atom. The highest BCUT2D eigenvalue weighted by atomic mass is 31.2. The minimum absolute atomic E-state index is 0.383. The van der Waals surface area contributed by atoms with Gasteiger partial charge in [-0.1, -0.05) is 37.0 Å². The first-order chi connectivity index (χ1) is 8.33. The van der Waals surface area contributed by atoms with Crippen molar-refractivity contribution in [3.8, 4) is 0 Å². The molecule has 18 heavy (non-hydrogen) atoms. The zero-order valence-electron chi connectivity index (χ0n) is 11.9. The molecule has 0 aliphatic heterocycles. The molecule has 1 rings (SSSR count). The molecule has 0 N–H and O–H groups in total. The van der Waals surface area contributed by atoms with Crippen LogP contribution in [0.5, 0.6) is 0 Å².